The molecule has 632 valence electrons. The van der Waals surface area contributed by atoms with Crippen molar-refractivity contribution in [3.8, 4) is 5.75 Å². The molecule has 5 aromatic rings. The fraction of sp³-hybridized carbons (Fsp3) is 0.675. The van der Waals surface area contributed by atoms with Gasteiger partial charge in [0, 0.05) is 149 Å². The zero-order valence-electron chi connectivity index (χ0n) is 69.4. The summed E-state index contributed by atoms with van der Waals surface area (Å²) in [5.74, 6) is 2.58. The van der Waals surface area contributed by atoms with E-state index >= 15 is 0 Å². The molecule has 5 amide bonds. The van der Waals surface area contributed by atoms with Gasteiger partial charge in [-0.3, -0.25) is 19.4 Å². The Balaban J connectivity index is 0.000000186. The Morgan fingerprint density at radius 1 is 0.513 bits per heavy atom. The maximum Gasteiger partial charge on any atom is 0.417 e. The van der Waals surface area contributed by atoms with Crippen LogP contribution in [-0.2, 0) is 77.2 Å². The highest BCUT2D eigenvalue weighted by Gasteiger charge is 2.35. The molecule has 13 rings (SSSR count). The van der Waals surface area contributed by atoms with Gasteiger partial charge in [0.1, 0.15) is 34.0 Å². The first-order valence-corrected chi connectivity index (χ1v) is 40.7. The molecular formula is C80H126ClFIN15O15. The van der Waals surface area contributed by atoms with E-state index in [4.69, 9.17) is 59.3 Å². The lowest BCUT2D eigenvalue weighted by molar-refractivity contribution is 0.0184. The second-order valence-electron chi connectivity index (χ2n) is 33.2. The number of methoxy groups -OCH3 is 4. The molecule has 5 atom stereocenters. The molecule has 0 aliphatic carbocycles. The van der Waals surface area contributed by atoms with E-state index in [1.54, 1.807) is 72.3 Å². The number of aromatic nitrogens is 6. The minimum Gasteiger partial charge on any atom is -0.444 e. The number of para-hydroxylation sites is 1. The monoisotopic (exact) mass is 1720 g/mol. The lowest BCUT2D eigenvalue weighted by atomic mass is 10.1. The zero-order chi connectivity index (χ0) is 82.6. The van der Waals surface area contributed by atoms with Crippen molar-refractivity contribution in [2.24, 2.45) is 29.6 Å². The standard InChI is InChI=1S/C17H28N4O3.C13H9ClFNO2.C12H20N4O.C11H16IN3O2.C11H21NO3.C10H19NO3.C6H13NO/c1-17(2,3)24-16(22)20-7-8-21-15(11-20)14(9-18-21)19-6-5-13(10-19)12-23-4;14-11-8-9(6-7-12(11)15)16-13(17)18-10-4-2-1-3-5-10;1-17-9-10-2-4-15(8-10)11-7-14-16-5-3-13-6-12(11)16;1-11(2,3)17-10(16)14-4-5-15-9(7-14)8(12)6-13-15;1-11(2,3)15-10(13)12-6-5-9(7-12)8-14-4;1-10(2,3)14-9(13)11-5-4-8(6-11)7-12;1-8-5-6-2-3-7-4-6/h9,13H,5-8,10-12H2,1-4H3;1-8H,(H,16,17);7,10,13H,2-6,8-9H2,1H3;6H,4-5,7H2,1-3H3;9H,5-8H2,1-4H3;8,12H,4-7H2,1-3H3;6-7H,2-5H2,1H3. The number of likely N-dealkylation sites (tertiary alicyclic amines) is 2. The van der Waals surface area contributed by atoms with Crippen LogP contribution in [0.1, 0.15) is 132 Å². The molecule has 4 N–H and O–H groups in total. The third-order valence-corrected chi connectivity index (χ3v) is 20.2. The minimum absolute atomic E-state index is 0.0625. The minimum atomic E-state index is -0.663. The molecule has 30 nitrogen and oxygen atoms in total. The number of nitrogens with zero attached hydrogens (tertiary/aromatic N) is 12. The van der Waals surface area contributed by atoms with Crippen LogP contribution in [0.15, 0.2) is 67.1 Å². The van der Waals surface area contributed by atoms with Crippen molar-refractivity contribution in [1.82, 2.24) is 59.6 Å². The second-order valence-corrected chi connectivity index (χ2v) is 34.8. The summed E-state index contributed by atoms with van der Waals surface area (Å²) >= 11 is 7.83. The second kappa shape index (κ2) is 44.7. The van der Waals surface area contributed by atoms with Gasteiger partial charge in [0.25, 0.3) is 0 Å². The van der Waals surface area contributed by atoms with Crippen molar-refractivity contribution in [3.05, 3.63) is 98.6 Å². The maximum atomic E-state index is 12.9. The summed E-state index contributed by atoms with van der Waals surface area (Å²) in [6.07, 6.45) is 9.67. The number of amides is 5. The maximum absolute atomic E-state index is 12.9. The SMILES string of the molecule is CC(C)(C)OC(=O)N1CCC(CO)C1.CC(C)(C)OC(=O)N1CCn2ncc(I)c2C1.COCC1CCN(C(=O)OC(C)(C)C)C1.COCC1CCN(c2cnn3c2CN(C(=O)OC(C)(C)C)CC3)C1.COCC1CCN(c2cnn3c2CNCC3)C1.COCC1CCNC1.O=C(Nc1ccc(F)c(Cl)c1)Oc1ccccc1. The number of hydrogen-bond acceptors (Lipinski definition) is 22. The molecule has 5 fully saturated rings. The quantitative estimate of drug-likeness (QED) is 0.0629. The summed E-state index contributed by atoms with van der Waals surface area (Å²) in [6.45, 7) is 42.2. The van der Waals surface area contributed by atoms with Gasteiger partial charge in [0.15, 0.2) is 0 Å². The number of hydrogen-bond donors (Lipinski definition) is 4. The topological polar surface area (TPSA) is 298 Å². The van der Waals surface area contributed by atoms with Crippen LogP contribution in [0.4, 0.5) is 45.4 Å². The van der Waals surface area contributed by atoms with Gasteiger partial charge >= 0.3 is 30.5 Å². The van der Waals surface area contributed by atoms with Crippen molar-refractivity contribution in [2.75, 3.05) is 162 Å². The number of aliphatic hydroxyl groups excluding tert-OH is 1. The molecule has 113 heavy (non-hydrogen) atoms. The average Bonchev–Trinajstić information content (AvgIpc) is 1.66. The third-order valence-electron chi connectivity index (χ3n) is 19.0. The normalized spacial score (nSPS) is 19.8. The summed E-state index contributed by atoms with van der Waals surface area (Å²) in [4.78, 5) is 70.7. The Hall–Kier alpha value is -7.31. The first-order chi connectivity index (χ1) is 53.5. The fourth-order valence-corrected chi connectivity index (χ4v) is 14.3. The van der Waals surface area contributed by atoms with E-state index in [2.05, 4.69) is 68.3 Å². The number of aliphatic hydroxyl groups is 1. The van der Waals surface area contributed by atoms with Crippen LogP contribution in [-0.4, -0.2) is 253 Å². The van der Waals surface area contributed by atoms with E-state index in [-0.39, 0.29) is 41.9 Å². The first kappa shape index (κ1) is 92.9. The molecular weight excluding hydrogens is 1590 g/mol. The number of anilines is 3. The number of halogens is 3. The summed E-state index contributed by atoms with van der Waals surface area (Å²) in [5.41, 5.74) is 4.59. The van der Waals surface area contributed by atoms with Gasteiger partial charge in [-0.25, -0.2) is 28.4 Å². The summed E-state index contributed by atoms with van der Waals surface area (Å²) in [7, 11) is 6.99. The zero-order valence-corrected chi connectivity index (χ0v) is 72.3. The van der Waals surface area contributed by atoms with Crippen LogP contribution < -0.4 is 30.5 Å². The largest absolute Gasteiger partial charge is 0.444 e. The molecule has 5 unspecified atom stereocenters. The summed E-state index contributed by atoms with van der Waals surface area (Å²) < 4.78 is 67.1. The van der Waals surface area contributed by atoms with Crippen LogP contribution >= 0.6 is 34.2 Å². The van der Waals surface area contributed by atoms with Crippen LogP contribution in [0.2, 0.25) is 5.02 Å². The van der Waals surface area contributed by atoms with Crippen molar-refractivity contribution in [2.45, 2.75) is 177 Å². The van der Waals surface area contributed by atoms with E-state index in [1.807, 2.05) is 117 Å². The van der Waals surface area contributed by atoms with Gasteiger partial charge in [-0.1, -0.05) is 29.8 Å². The van der Waals surface area contributed by atoms with Gasteiger partial charge in [0.2, 0.25) is 0 Å². The highest BCUT2D eigenvalue weighted by Crippen LogP contribution is 2.32. The first-order valence-electron chi connectivity index (χ1n) is 39.2. The van der Waals surface area contributed by atoms with E-state index in [1.165, 1.54) is 49.0 Å². The van der Waals surface area contributed by atoms with Gasteiger partial charge < -0.3 is 87.8 Å². The molecule has 5 saturated heterocycles. The summed E-state index contributed by atoms with van der Waals surface area (Å²) in [5, 5.41) is 31.2. The average molecular weight is 1720 g/mol. The number of ether oxygens (including phenoxy) is 9. The number of nitrogens with one attached hydrogen (secondary N) is 3. The molecule has 11 heterocycles. The summed E-state index contributed by atoms with van der Waals surface area (Å²) in [6, 6.07) is 12.5. The van der Waals surface area contributed by atoms with Crippen molar-refractivity contribution >= 4 is 81.7 Å². The number of carbonyl (C=O) groups is 5. The number of benzene rings is 2. The van der Waals surface area contributed by atoms with Gasteiger partial charge in [-0.15, -0.1) is 0 Å². The Bertz CT molecular complexity index is 3750. The lowest BCUT2D eigenvalue weighted by Crippen LogP contribution is -2.42. The number of rotatable bonds is 13. The van der Waals surface area contributed by atoms with Crippen LogP contribution in [0.3, 0.4) is 0 Å². The number of carbonyl (C=O) groups excluding carboxylic acids is 5. The lowest BCUT2D eigenvalue weighted by Gasteiger charge is -2.31. The fourth-order valence-electron chi connectivity index (χ4n) is 13.5. The molecule has 0 bridgehead atoms. The molecule has 33 heteroatoms. The third kappa shape index (κ3) is 31.7. The highest BCUT2D eigenvalue weighted by molar-refractivity contribution is 14.1. The predicted molar refractivity (Wildman–Crippen MR) is 440 cm³/mol. The number of fused-ring (bicyclic) bond motifs is 3. The van der Waals surface area contributed by atoms with E-state index in [9.17, 15) is 28.4 Å². The molecule has 0 radical (unpaired) electrons. The van der Waals surface area contributed by atoms with Crippen LogP contribution in [0.25, 0.3) is 0 Å². The van der Waals surface area contributed by atoms with Crippen molar-refractivity contribution < 1.29 is 76.1 Å². The molecule has 8 aliphatic heterocycles. The Morgan fingerprint density at radius 3 is 1.43 bits per heavy atom. The Morgan fingerprint density at radius 2 is 0.956 bits per heavy atom. The predicted octanol–water partition coefficient (Wildman–Crippen LogP) is 12.3. The van der Waals surface area contributed by atoms with Crippen molar-refractivity contribution in [1.29, 1.82) is 0 Å². The van der Waals surface area contributed by atoms with Gasteiger partial charge in [0.05, 0.1) is 115 Å². The molecule has 0 saturated carbocycles. The molecule has 2 aromatic carbocycles. The van der Waals surface area contributed by atoms with E-state index in [0.717, 1.165) is 144 Å². The molecule has 0 spiro atoms. The van der Waals surface area contributed by atoms with Crippen LogP contribution in [0, 0.1) is 39.0 Å². The molecule has 8 aliphatic rings. The van der Waals surface area contributed by atoms with E-state index < -0.39 is 34.3 Å². The van der Waals surface area contributed by atoms with Crippen molar-refractivity contribution in [3.63, 3.8) is 0 Å². The molecule has 3 aromatic heterocycles. The highest BCUT2D eigenvalue weighted by atomic mass is 127. The van der Waals surface area contributed by atoms with Crippen LogP contribution in [0.5, 0.6) is 5.75 Å². The Kier molecular flexibility index (Phi) is 36.7. The van der Waals surface area contributed by atoms with Gasteiger partial charge in [-0.2, -0.15) is 15.3 Å². The Labute approximate surface area is 686 Å². The van der Waals surface area contributed by atoms with E-state index in [0.29, 0.717) is 75.0 Å². The smallest absolute Gasteiger partial charge is 0.417 e. The van der Waals surface area contributed by atoms with Gasteiger partial charge in [-0.05, 0) is 181 Å².